The molecule has 0 heterocycles. The van der Waals surface area contributed by atoms with Crippen LogP contribution in [0.25, 0.3) is 0 Å². The van der Waals surface area contributed by atoms with E-state index in [0.29, 0.717) is 0 Å². The third kappa shape index (κ3) is 3.35. The van der Waals surface area contributed by atoms with Gasteiger partial charge in [-0.1, -0.05) is 40.9 Å². The van der Waals surface area contributed by atoms with Crippen molar-refractivity contribution in [1.82, 2.24) is 0 Å². The summed E-state index contributed by atoms with van der Waals surface area (Å²) in [6, 6.07) is 6.23. The molecule has 2 rings (SSSR count). The van der Waals surface area contributed by atoms with Gasteiger partial charge in [0.05, 0.1) is 26.4 Å². The second kappa shape index (κ2) is 5.88. The van der Waals surface area contributed by atoms with Gasteiger partial charge in [0, 0.05) is 0 Å². The van der Waals surface area contributed by atoms with Gasteiger partial charge < -0.3 is 5.73 Å². The number of nitrogens with two attached hydrogens (primary N) is 1. The number of nitrogens with one attached hydrogen (secondary N) is 1. The predicted molar refractivity (Wildman–Crippen MR) is 83.1 cm³/mol. The van der Waals surface area contributed by atoms with Gasteiger partial charge in [-0.25, -0.2) is 12.8 Å². The van der Waals surface area contributed by atoms with Crippen molar-refractivity contribution < 1.29 is 12.8 Å². The average molecular weight is 370 g/mol. The Hall–Kier alpha value is -1.21. The van der Waals surface area contributed by atoms with Crippen LogP contribution >= 0.6 is 34.8 Å². The summed E-state index contributed by atoms with van der Waals surface area (Å²) in [5.41, 5.74) is 5.02. The lowest BCUT2D eigenvalue weighted by atomic mass is 10.3. The topological polar surface area (TPSA) is 72.2 Å². The Morgan fingerprint density at radius 2 is 1.62 bits per heavy atom. The van der Waals surface area contributed by atoms with Crippen LogP contribution in [0, 0.1) is 5.82 Å². The molecule has 2 aromatic carbocycles. The minimum Gasteiger partial charge on any atom is -0.396 e. The van der Waals surface area contributed by atoms with Crippen LogP contribution in [0.5, 0.6) is 0 Å². The van der Waals surface area contributed by atoms with E-state index in [4.69, 9.17) is 40.5 Å². The molecule has 0 aliphatic rings. The molecule has 2 aromatic rings. The van der Waals surface area contributed by atoms with Gasteiger partial charge in [-0.3, -0.25) is 4.72 Å². The fraction of sp³-hybridized carbons (Fsp3) is 0. The Bertz CT molecular complexity index is 792. The van der Waals surface area contributed by atoms with Gasteiger partial charge >= 0.3 is 0 Å². The first-order valence-electron chi connectivity index (χ1n) is 5.43. The van der Waals surface area contributed by atoms with Crippen molar-refractivity contribution in [2.24, 2.45) is 0 Å². The average Bonchev–Trinajstić information content (AvgIpc) is 2.38. The summed E-state index contributed by atoms with van der Waals surface area (Å²) in [4.78, 5) is -0.376. The maximum absolute atomic E-state index is 13.2. The number of rotatable bonds is 3. The fourth-order valence-electron chi connectivity index (χ4n) is 1.54. The third-order valence-electron chi connectivity index (χ3n) is 2.54. The number of benzene rings is 2. The lowest BCUT2D eigenvalue weighted by molar-refractivity contribution is 0.600. The van der Waals surface area contributed by atoms with Crippen LogP contribution in [0.15, 0.2) is 35.2 Å². The fourth-order valence-corrected chi connectivity index (χ4v) is 3.79. The van der Waals surface area contributed by atoms with Crippen LogP contribution in [0.3, 0.4) is 0 Å². The second-order valence-electron chi connectivity index (χ2n) is 4.01. The summed E-state index contributed by atoms with van der Waals surface area (Å²) < 4.78 is 40.0. The second-order valence-corrected chi connectivity index (χ2v) is 6.88. The molecular weight excluding hydrogens is 362 g/mol. The minimum atomic E-state index is -4.13. The van der Waals surface area contributed by atoms with E-state index in [1.807, 2.05) is 0 Å². The Labute approximate surface area is 135 Å². The summed E-state index contributed by atoms with van der Waals surface area (Å²) in [5.74, 6) is -0.810. The monoisotopic (exact) mass is 368 g/mol. The standard InChI is InChI=1S/C12H8Cl3FN2O2S/c13-6-2-1-3-7(14)12(6)18-21(19,20)11-5-10(17)9(16)4-8(11)15/h1-5,18H,17H2. The van der Waals surface area contributed by atoms with E-state index in [0.717, 1.165) is 12.1 Å². The Morgan fingerprint density at radius 3 is 2.19 bits per heavy atom. The van der Waals surface area contributed by atoms with Gasteiger partial charge in [0.15, 0.2) is 0 Å². The van der Waals surface area contributed by atoms with Crippen molar-refractivity contribution in [2.75, 3.05) is 10.5 Å². The summed E-state index contributed by atoms with van der Waals surface area (Å²) in [6.45, 7) is 0. The molecule has 0 spiro atoms. The largest absolute Gasteiger partial charge is 0.396 e. The zero-order valence-electron chi connectivity index (χ0n) is 10.2. The molecule has 3 N–H and O–H groups in total. The highest BCUT2D eigenvalue weighted by Gasteiger charge is 2.22. The first kappa shape index (κ1) is 16.2. The van der Waals surface area contributed by atoms with E-state index in [1.165, 1.54) is 12.1 Å². The maximum atomic E-state index is 13.2. The molecule has 0 saturated carbocycles. The number of para-hydroxylation sites is 1. The van der Waals surface area contributed by atoms with Crippen LogP contribution in [0.1, 0.15) is 0 Å². The van der Waals surface area contributed by atoms with Gasteiger partial charge in [0.1, 0.15) is 10.7 Å². The van der Waals surface area contributed by atoms with E-state index >= 15 is 0 Å². The van der Waals surface area contributed by atoms with Gasteiger partial charge in [0.25, 0.3) is 10.0 Å². The molecule has 4 nitrogen and oxygen atoms in total. The van der Waals surface area contributed by atoms with E-state index < -0.39 is 15.8 Å². The van der Waals surface area contributed by atoms with Crippen LogP contribution in [0.4, 0.5) is 15.8 Å². The normalized spacial score (nSPS) is 11.4. The quantitative estimate of drug-likeness (QED) is 0.798. The zero-order chi connectivity index (χ0) is 15.8. The molecule has 0 aliphatic heterocycles. The van der Waals surface area contributed by atoms with E-state index in [9.17, 15) is 12.8 Å². The van der Waals surface area contributed by atoms with E-state index in [2.05, 4.69) is 4.72 Å². The summed E-state index contributed by atoms with van der Waals surface area (Å²) in [6.07, 6.45) is 0. The molecule has 0 unspecified atom stereocenters. The molecule has 112 valence electrons. The molecule has 0 amide bonds. The predicted octanol–water partition coefficient (Wildman–Crippen LogP) is 4.17. The first-order valence-corrected chi connectivity index (χ1v) is 8.05. The van der Waals surface area contributed by atoms with Crippen molar-refractivity contribution in [2.45, 2.75) is 4.90 Å². The van der Waals surface area contributed by atoms with Gasteiger partial charge in [-0.2, -0.15) is 0 Å². The number of sulfonamides is 1. The van der Waals surface area contributed by atoms with Gasteiger partial charge in [0.2, 0.25) is 0 Å². The number of nitrogen functional groups attached to an aromatic ring is 1. The number of anilines is 2. The Balaban J connectivity index is 2.51. The molecule has 0 saturated heterocycles. The van der Waals surface area contributed by atoms with Crippen molar-refractivity contribution in [1.29, 1.82) is 0 Å². The van der Waals surface area contributed by atoms with Crippen molar-refractivity contribution >= 4 is 56.2 Å². The number of halogens is 4. The highest BCUT2D eigenvalue weighted by molar-refractivity contribution is 7.92. The Kier molecular flexibility index (Phi) is 4.53. The molecular formula is C12H8Cl3FN2O2S. The van der Waals surface area contributed by atoms with Gasteiger partial charge in [-0.05, 0) is 24.3 Å². The van der Waals surface area contributed by atoms with Crippen molar-refractivity contribution in [3.63, 3.8) is 0 Å². The minimum absolute atomic E-state index is 0.000188. The van der Waals surface area contributed by atoms with Crippen LogP contribution in [0.2, 0.25) is 15.1 Å². The van der Waals surface area contributed by atoms with Crippen LogP contribution in [-0.2, 0) is 10.0 Å². The zero-order valence-corrected chi connectivity index (χ0v) is 13.3. The number of hydrogen-bond acceptors (Lipinski definition) is 3. The van der Waals surface area contributed by atoms with Gasteiger partial charge in [-0.15, -0.1) is 0 Å². The lowest BCUT2D eigenvalue weighted by Gasteiger charge is -2.12. The SMILES string of the molecule is Nc1cc(S(=O)(=O)Nc2c(Cl)cccc2Cl)c(Cl)cc1F. The van der Waals surface area contributed by atoms with Crippen LogP contribution in [-0.4, -0.2) is 8.42 Å². The third-order valence-corrected chi connectivity index (χ3v) is 4.98. The molecule has 9 heteroatoms. The Morgan fingerprint density at radius 1 is 1.05 bits per heavy atom. The molecule has 0 bridgehead atoms. The molecule has 0 aliphatic carbocycles. The van der Waals surface area contributed by atoms with E-state index in [-0.39, 0.29) is 31.3 Å². The molecule has 0 aromatic heterocycles. The first-order chi connectivity index (χ1) is 9.72. The molecule has 21 heavy (non-hydrogen) atoms. The van der Waals surface area contributed by atoms with Crippen molar-refractivity contribution in [3.8, 4) is 0 Å². The smallest absolute Gasteiger partial charge is 0.263 e. The lowest BCUT2D eigenvalue weighted by Crippen LogP contribution is -2.15. The van der Waals surface area contributed by atoms with Crippen LogP contribution < -0.4 is 10.5 Å². The molecule has 0 radical (unpaired) electrons. The van der Waals surface area contributed by atoms with E-state index in [1.54, 1.807) is 6.07 Å². The summed E-state index contributed by atoms with van der Waals surface area (Å²) >= 11 is 17.5. The highest BCUT2D eigenvalue weighted by atomic mass is 35.5. The summed E-state index contributed by atoms with van der Waals surface area (Å²) in [7, 11) is -4.13. The highest BCUT2D eigenvalue weighted by Crippen LogP contribution is 2.34. The molecule has 0 atom stereocenters. The maximum Gasteiger partial charge on any atom is 0.263 e. The summed E-state index contributed by atoms with van der Waals surface area (Å²) in [5, 5.41) is -0.0908. The molecule has 0 fully saturated rings. The van der Waals surface area contributed by atoms with Crippen molar-refractivity contribution in [3.05, 3.63) is 51.2 Å². The number of hydrogen-bond donors (Lipinski definition) is 2.